The van der Waals surface area contributed by atoms with Gasteiger partial charge in [-0.25, -0.2) is 4.79 Å². The molecule has 1 heterocycles. The third-order valence-corrected chi connectivity index (χ3v) is 4.66. The fraction of sp³-hybridized carbons (Fsp3) is 0.526. The van der Waals surface area contributed by atoms with Gasteiger partial charge in [0.05, 0.1) is 11.1 Å². The normalized spacial score (nSPS) is 13.0. The Morgan fingerprint density at radius 2 is 1.70 bits per heavy atom. The lowest BCUT2D eigenvalue weighted by atomic mass is 10.1. The van der Waals surface area contributed by atoms with Crippen LogP contribution in [0.2, 0.25) is 0 Å². The van der Waals surface area contributed by atoms with Gasteiger partial charge in [-0.15, -0.1) is 0 Å². The first-order valence-electron chi connectivity index (χ1n) is 9.29. The van der Waals surface area contributed by atoms with Gasteiger partial charge in [0.25, 0.3) is 11.8 Å². The molecule has 0 atom stereocenters. The number of unbranched alkanes of at least 4 members (excludes halogenated alkanes) is 1. The first-order valence-corrected chi connectivity index (χ1v) is 10.1. The fourth-order valence-electron chi connectivity index (χ4n) is 2.69. The van der Waals surface area contributed by atoms with Crippen LogP contribution in [0.15, 0.2) is 22.7 Å². The van der Waals surface area contributed by atoms with Gasteiger partial charge in [-0.05, 0) is 37.5 Å². The molecule has 0 saturated heterocycles. The van der Waals surface area contributed by atoms with Crippen molar-refractivity contribution in [3.8, 4) is 0 Å². The van der Waals surface area contributed by atoms with Crippen LogP contribution in [0.3, 0.4) is 0 Å². The van der Waals surface area contributed by atoms with Crippen molar-refractivity contribution in [2.75, 3.05) is 32.8 Å². The molecule has 1 aliphatic rings. The van der Waals surface area contributed by atoms with Gasteiger partial charge >= 0.3 is 6.03 Å². The second-order valence-electron chi connectivity index (χ2n) is 6.31. The minimum atomic E-state index is -0.288. The summed E-state index contributed by atoms with van der Waals surface area (Å²) in [6, 6.07) is 4.80. The van der Waals surface area contributed by atoms with E-state index in [9.17, 15) is 14.4 Å². The summed E-state index contributed by atoms with van der Waals surface area (Å²) in [4.78, 5) is 37.6. The molecule has 0 radical (unpaired) electrons. The van der Waals surface area contributed by atoms with Crippen molar-refractivity contribution >= 4 is 33.8 Å². The number of nitrogens with zero attached hydrogens (tertiary/aromatic N) is 1. The molecule has 0 saturated carbocycles. The molecular weight excluding hydrogens is 414 g/mol. The van der Waals surface area contributed by atoms with Crippen LogP contribution < -0.4 is 10.6 Å². The molecule has 8 heteroatoms. The average molecular weight is 440 g/mol. The van der Waals surface area contributed by atoms with Gasteiger partial charge in [0.1, 0.15) is 0 Å². The van der Waals surface area contributed by atoms with E-state index >= 15 is 0 Å². The number of nitrogens with one attached hydrogen (secondary N) is 2. The van der Waals surface area contributed by atoms with Gasteiger partial charge in [-0.2, -0.15) is 0 Å². The first kappa shape index (κ1) is 21.4. The van der Waals surface area contributed by atoms with Crippen molar-refractivity contribution in [3.63, 3.8) is 0 Å². The highest BCUT2D eigenvalue weighted by Gasteiger charge is 2.34. The lowest BCUT2D eigenvalue weighted by Gasteiger charge is -2.14. The van der Waals surface area contributed by atoms with Crippen LogP contribution in [0.4, 0.5) is 4.79 Å². The number of halogens is 1. The number of imide groups is 1. The summed E-state index contributed by atoms with van der Waals surface area (Å²) in [5, 5.41) is 5.49. The van der Waals surface area contributed by atoms with Crippen molar-refractivity contribution < 1.29 is 19.1 Å². The highest BCUT2D eigenvalue weighted by atomic mass is 79.9. The van der Waals surface area contributed by atoms with Crippen LogP contribution in [0.1, 0.15) is 53.3 Å². The van der Waals surface area contributed by atoms with Crippen molar-refractivity contribution in [2.45, 2.75) is 32.6 Å². The third-order valence-electron chi connectivity index (χ3n) is 4.17. The number of fused-ring (bicyclic) bond motifs is 1. The maximum atomic E-state index is 12.3. The Morgan fingerprint density at radius 1 is 1.04 bits per heavy atom. The van der Waals surface area contributed by atoms with E-state index in [1.165, 1.54) is 4.90 Å². The van der Waals surface area contributed by atoms with E-state index in [2.05, 4.69) is 33.5 Å². The number of amides is 4. The van der Waals surface area contributed by atoms with E-state index in [1.54, 1.807) is 18.2 Å². The molecule has 0 fully saturated rings. The quantitative estimate of drug-likeness (QED) is 0.409. The van der Waals surface area contributed by atoms with Crippen LogP contribution in [0.5, 0.6) is 0 Å². The molecule has 7 nitrogen and oxygen atoms in total. The zero-order valence-electron chi connectivity index (χ0n) is 15.6. The molecular formula is C19H26BrN3O4. The summed E-state index contributed by atoms with van der Waals surface area (Å²) in [7, 11) is 0. The van der Waals surface area contributed by atoms with Gasteiger partial charge in [0.2, 0.25) is 0 Å². The zero-order chi connectivity index (χ0) is 19.6. The van der Waals surface area contributed by atoms with Gasteiger partial charge in [0.15, 0.2) is 0 Å². The molecule has 0 unspecified atom stereocenters. The van der Waals surface area contributed by atoms with Crippen molar-refractivity contribution in [2.24, 2.45) is 0 Å². The number of rotatable bonds is 11. The van der Waals surface area contributed by atoms with Crippen LogP contribution >= 0.6 is 15.9 Å². The average Bonchev–Trinajstić information content (AvgIpc) is 2.88. The predicted octanol–water partition coefficient (Wildman–Crippen LogP) is 2.94. The molecule has 0 aromatic heterocycles. The Labute approximate surface area is 167 Å². The molecule has 4 amide bonds. The number of carbonyl (C=O) groups excluding carboxylic acids is 3. The summed E-state index contributed by atoms with van der Waals surface area (Å²) < 4.78 is 6.18. The predicted molar refractivity (Wildman–Crippen MR) is 106 cm³/mol. The lowest BCUT2D eigenvalue weighted by Crippen LogP contribution is -2.38. The highest BCUT2D eigenvalue weighted by Crippen LogP contribution is 2.25. The van der Waals surface area contributed by atoms with Crippen LogP contribution in [0.25, 0.3) is 0 Å². The molecule has 1 aliphatic heterocycles. The minimum Gasteiger partial charge on any atom is -0.381 e. The summed E-state index contributed by atoms with van der Waals surface area (Å²) >= 11 is 3.31. The number of hydrogen-bond acceptors (Lipinski definition) is 4. The van der Waals surface area contributed by atoms with E-state index in [4.69, 9.17) is 4.74 Å². The number of benzene rings is 1. The molecule has 2 rings (SSSR count). The third kappa shape index (κ3) is 6.32. The zero-order valence-corrected chi connectivity index (χ0v) is 17.1. The molecule has 1 aromatic carbocycles. The molecule has 27 heavy (non-hydrogen) atoms. The SMILES string of the molecule is CCCCOCCCNC(=O)NCCCN1C(=O)c2ccc(Br)cc2C1=O. The maximum absolute atomic E-state index is 12.3. The maximum Gasteiger partial charge on any atom is 0.314 e. The molecule has 0 aliphatic carbocycles. The topological polar surface area (TPSA) is 87.7 Å². The summed E-state index contributed by atoms with van der Waals surface area (Å²) in [6.45, 7) is 4.72. The van der Waals surface area contributed by atoms with Crippen LogP contribution in [0, 0.1) is 0 Å². The molecule has 0 spiro atoms. The number of urea groups is 1. The van der Waals surface area contributed by atoms with Crippen LogP contribution in [-0.4, -0.2) is 55.6 Å². The molecule has 148 valence electrons. The van der Waals surface area contributed by atoms with Gasteiger partial charge in [-0.1, -0.05) is 29.3 Å². The number of ether oxygens (including phenoxy) is 1. The van der Waals surface area contributed by atoms with Crippen molar-refractivity contribution in [1.29, 1.82) is 0 Å². The van der Waals surface area contributed by atoms with E-state index in [-0.39, 0.29) is 24.4 Å². The summed E-state index contributed by atoms with van der Waals surface area (Å²) in [5.41, 5.74) is 0.844. The Bertz CT molecular complexity index is 681. The Kier molecular flexibility index (Phi) is 8.74. The smallest absolute Gasteiger partial charge is 0.314 e. The Balaban J connectivity index is 1.60. The van der Waals surface area contributed by atoms with E-state index in [0.29, 0.717) is 37.2 Å². The van der Waals surface area contributed by atoms with E-state index in [0.717, 1.165) is 30.3 Å². The Morgan fingerprint density at radius 3 is 2.44 bits per heavy atom. The molecule has 1 aromatic rings. The van der Waals surface area contributed by atoms with Crippen molar-refractivity contribution in [3.05, 3.63) is 33.8 Å². The standard InChI is InChI=1S/C19H26BrN3O4/c1-2-3-11-27-12-5-9-22-19(26)21-8-4-10-23-17(24)15-7-6-14(20)13-16(15)18(23)25/h6-7,13H,2-5,8-12H2,1H3,(H2,21,22,26). The summed E-state index contributed by atoms with van der Waals surface area (Å²) in [5.74, 6) is -0.571. The van der Waals surface area contributed by atoms with Crippen molar-refractivity contribution in [1.82, 2.24) is 15.5 Å². The monoisotopic (exact) mass is 439 g/mol. The minimum absolute atomic E-state index is 0.255. The van der Waals surface area contributed by atoms with Gasteiger partial charge < -0.3 is 15.4 Å². The van der Waals surface area contributed by atoms with Crippen LogP contribution in [-0.2, 0) is 4.74 Å². The van der Waals surface area contributed by atoms with Gasteiger partial charge in [-0.3, -0.25) is 14.5 Å². The number of carbonyl (C=O) groups is 3. The largest absolute Gasteiger partial charge is 0.381 e. The second-order valence-corrected chi connectivity index (χ2v) is 7.22. The second kappa shape index (κ2) is 11.0. The molecule has 2 N–H and O–H groups in total. The molecule has 0 bridgehead atoms. The van der Waals surface area contributed by atoms with E-state index < -0.39 is 0 Å². The Hall–Kier alpha value is -1.93. The first-order chi connectivity index (χ1) is 13.0. The van der Waals surface area contributed by atoms with E-state index in [1.807, 2.05) is 0 Å². The highest BCUT2D eigenvalue weighted by molar-refractivity contribution is 9.10. The summed E-state index contributed by atoms with van der Waals surface area (Å²) in [6.07, 6.45) is 3.43. The number of hydrogen-bond donors (Lipinski definition) is 2. The van der Waals surface area contributed by atoms with Gasteiger partial charge in [0, 0.05) is 37.3 Å². The lowest BCUT2D eigenvalue weighted by molar-refractivity contribution is 0.0653. The fourth-order valence-corrected chi connectivity index (χ4v) is 3.05.